The zero-order valence-electron chi connectivity index (χ0n) is 12.3. The summed E-state index contributed by atoms with van der Waals surface area (Å²) in [6.07, 6.45) is 9.91. The van der Waals surface area contributed by atoms with Crippen LogP contribution in [0, 0.1) is 11.8 Å². The Morgan fingerprint density at radius 3 is 1.94 bits per heavy atom. The van der Waals surface area contributed by atoms with Gasteiger partial charge < -0.3 is 4.90 Å². The van der Waals surface area contributed by atoms with Gasteiger partial charge in [-0.05, 0) is 38.9 Å². The number of nitrogens with zero attached hydrogens (tertiary/aromatic N) is 1. The average Bonchev–Trinajstić information content (AvgIpc) is 2.21. The summed E-state index contributed by atoms with van der Waals surface area (Å²) in [7, 11) is 4.32. The standard InChI is InChI=1S/C15H33N/c1-6-15(14(2)3)12-10-8-7-9-11-13-16(4)5/h14-15H,6-13H2,1-5H3. The van der Waals surface area contributed by atoms with Crippen molar-refractivity contribution < 1.29 is 0 Å². The first-order chi connectivity index (χ1) is 7.57. The second-order valence-electron chi connectivity index (χ2n) is 5.77. The Hall–Kier alpha value is -0.0400. The Morgan fingerprint density at radius 2 is 1.44 bits per heavy atom. The minimum atomic E-state index is 0.874. The third-order valence-electron chi connectivity index (χ3n) is 3.65. The van der Waals surface area contributed by atoms with Crippen molar-refractivity contribution in [2.45, 2.75) is 65.7 Å². The summed E-state index contributed by atoms with van der Waals surface area (Å²) in [6.45, 7) is 8.32. The fourth-order valence-corrected chi connectivity index (χ4v) is 2.37. The van der Waals surface area contributed by atoms with E-state index >= 15 is 0 Å². The molecule has 0 aliphatic heterocycles. The van der Waals surface area contributed by atoms with Gasteiger partial charge in [-0.3, -0.25) is 0 Å². The lowest BCUT2D eigenvalue weighted by Gasteiger charge is -2.18. The maximum atomic E-state index is 2.37. The van der Waals surface area contributed by atoms with E-state index in [4.69, 9.17) is 0 Å². The molecule has 0 amide bonds. The van der Waals surface area contributed by atoms with Crippen molar-refractivity contribution in [2.75, 3.05) is 20.6 Å². The van der Waals surface area contributed by atoms with Crippen molar-refractivity contribution in [1.82, 2.24) is 4.90 Å². The van der Waals surface area contributed by atoms with Crippen molar-refractivity contribution in [3.63, 3.8) is 0 Å². The molecular formula is C15H33N. The topological polar surface area (TPSA) is 3.24 Å². The smallest absolute Gasteiger partial charge is 0.00248 e. The molecule has 0 rings (SSSR count). The highest BCUT2D eigenvalue weighted by atomic mass is 15.0. The molecule has 0 saturated heterocycles. The second-order valence-corrected chi connectivity index (χ2v) is 5.77. The minimum absolute atomic E-state index is 0.874. The molecule has 0 aliphatic carbocycles. The van der Waals surface area contributed by atoms with Crippen LogP contribution >= 0.6 is 0 Å². The Morgan fingerprint density at radius 1 is 0.875 bits per heavy atom. The SMILES string of the molecule is CCC(CCCCCCCN(C)C)C(C)C. The molecule has 0 fully saturated rings. The lowest BCUT2D eigenvalue weighted by atomic mass is 9.88. The summed E-state index contributed by atoms with van der Waals surface area (Å²) >= 11 is 0. The molecular weight excluding hydrogens is 194 g/mol. The van der Waals surface area contributed by atoms with Crippen LogP contribution in [0.2, 0.25) is 0 Å². The van der Waals surface area contributed by atoms with Gasteiger partial charge in [0, 0.05) is 0 Å². The molecule has 0 aliphatic rings. The normalized spacial score (nSPS) is 13.7. The maximum absolute atomic E-state index is 2.37. The molecule has 0 N–H and O–H groups in total. The van der Waals surface area contributed by atoms with Gasteiger partial charge in [0.25, 0.3) is 0 Å². The van der Waals surface area contributed by atoms with Crippen LogP contribution in [0.1, 0.15) is 65.7 Å². The van der Waals surface area contributed by atoms with Gasteiger partial charge in [0.2, 0.25) is 0 Å². The summed E-state index contributed by atoms with van der Waals surface area (Å²) in [4.78, 5) is 2.28. The van der Waals surface area contributed by atoms with Crippen molar-refractivity contribution in [2.24, 2.45) is 11.8 Å². The molecule has 16 heavy (non-hydrogen) atoms. The van der Waals surface area contributed by atoms with Gasteiger partial charge >= 0.3 is 0 Å². The summed E-state index contributed by atoms with van der Waals surface area (Å²) in [5, 5.41) is 0. The van der Waals surface area contributed by atoms with Crippen LogP contribution in [-0.2, 0) is 0 Å². The van der Waals surface area contributed by atoms with E-state index in [9.17, 15) is 0 Å². The molecule has 0 bridgehead atoms. The predicted molar refractivity (Wildman–Crippen MR) is 74.9 cm³/mol. The Bertz CT molecular complexity index is 140. The van der Waals surface area contributed by atoms with Crippen LogP contribution in [0.15, 0.2) is 0 Å². The van der Waals surface area contributed by atoms with Gasteiger partial charge in [-0.2, -0.15) is 0 Å². The summed E-state index contributed by atoms with van der Waals surface area (Å²) in [5.41, 5.74) is 0. The molecule has 0 aromatic carbocycles. The van der Waals surface area contributed by atoms with Crippen LogP contribution in [-0.4, -0.2) is 25.5 Å². The van der Waals surface area contributed by atoms with E-state index in [2.05, 4.69) is 39.8 Å². The molecule has 1 atom stereocenters. The van der Waals surface area contributed by atoms with Gasteiger partial charge in [-0.1, -0.05) is 59.3 Å². The van der Waals surface area contributed by atoms with E-state index in [0.29, 0.717) is 0 Å². The van der Waals surface area contributed by atoms with Gasteiger partial charge in [-0.15, -0.1) is 0 Å². The fraction of sp³-hybridized carbons (Fsp3) is 1.00. The van der Waals surface area contributed by atoms with Crippen molar-refractivity contribution in [3.8, 4) is 0 Å². The summed E-state index contributed by atoms with van der Waals surface area (Å²) in [5.74, 6) is 1.83. The monoisotopic (exact) mass is 227 g/mol. The zero-order chi connectivity index (χ0) is 12.4. The van der Waals surface area contributed by atoms with Gasteiger partial charge in [0.05, 0.1) is 0 Å². The molecule has 0 aromatic rings. The van der Waals surface area contributed by atoms with Crippen LogP contribution < -0.4 is 0 Å². The molecule has 0 heterocycles. The largest absolute Gasteiger partial charge is 0.309 e. The van der Waals surface area contributed by atoms with Crippen LogP contribution in [0.3, 0.4) is 0 Å². The Balaban J connectivity index is 3.26. The third kappa shape index (κ3) is 9.21. The highest BCUT2D eigenvalue weighted by Crippen LogP contribution is 2.22. The first-order valence-corrected chi connectivity index (χ1v) is 7.22. The Kier molecular flexibility index (Phi) is 10.1. The highest BCUT2D eigenvalue weighted by molar-refractivity contribution is 4.61. The first-order valence-electron chi connectivity index (χ1n) is 7.22. The summed E-state index contributed by atoms with van der Waals surface area (Å²) in [6, 6.07) is 0. The Labute approximate surface area is 104 Å². The minimum Gasteiger partial charge on any atom is -0.309 e. The summed E-state index contributed by atoms with van der Waals surface area (Å²) < 4.78 is 0. The second kappa shape index (κ2) is 10.1. The molecule has 0 radical (unpaired) electrons. The van der Waals surface area contributed by atoms with Crippen molar-refractivity contribution in [3.05, 3.63) is 0 Å². The number of rotatable bonds is 10. The molecule has 98 valence electrons. The van der Waals surface area contributed by atoms with E-state index in [1.165, 1.54) is 51.5 Å². The van der Waals surface area contributed by atoms with Crippen molar-refractivity contribution in [1.29, 1.82) is 0 Å². The van der Waals surface area contributed by atoms with Crippen LogP contribution in [0.5, 0.6) is 0 Å². The van der Waals surface area contributed by atoms with Gasteiger partial charge in [0.15, 0.2) is 0 Å². The molecule has 1 nitrogen and oxygen atoms in total. The van der Waals surface area contributed by atoms with E-state index in [1.54, 1.807) is 0 Å². The van der Waals surface area contributed by atoms with E-state index in [1.807, 2.05) is 0 Å². The van der Waals surface area contributed by atoms with Gasteiger partial charge in [0.1, 0.15) is 0 Å². The molecule has 0 aromatic heterocycles. The quantitative estimate of drug-likeness (QED) is 0.494. The molecule has 1 heteroatoms. The number of hydrogen-bond donors (Lipinski definition) is 0. The highest BCUT2D eigenvalue weighted by Gasteiger charge is 2.09. The zero-order valence-corrected chi connectivity index (χ0v) is 12.3. The maximum Gasteiger partial charge on any atom is -0.00248 e. The van der Waals surface area contributed by atoms with E-state index in [-0.39, 0.29) is 0 Å². The average molecular weight is 227 g/mol. The predicted octanol–water partition coefficient (Wildman–Crippen LogP) is 4.57. The first kappa shape index (κ1) is 16.0. The molecule has 0 spiro atoms. The third-order valence-corrected chi connectivity index (χ3v) is 3.65. The lowest BCUT2D eigenvalue weighted by molar-refractivity contribution is 0.333. The van der Waals surface area contributed by atoms with Crippen molar-refractivity contribution >= 4 is 0 Å². The fourth-order valence-electron chi connectivity index (χ4n) is 2.37. The molecule has 1 unspecified atom stereocenters. The van der Waals surface area contributed by atoms with E-state index in [0.717, 1.165) is 11.8 Å². The lowest BCUT2D eigenvalue weighted by Crippen LogP contribution is -2.12. The number of hydrogen-bond acceptors (Lipinski definition) is 1. The van der Waals surface area contributed by atoms with Gasteiger partial charge in [-0.25, -0.2) is 0 Å². The van der Waals surface area contributed by atoms with Crippen LogP contribution in [0.25, 0.3) is 0 Å². The van der Waals surface area contributed by atoms with Crippen LogP contribution in [0.4, 0.5) is 0 Å². The number of unbranched alkanes of at least 4 members (excludes halogenated alkanes) is 4. The van der Waals surface area contributed by atoms with E-state index < -0.39 is 0 Å². The molecule has 0 saturated carbocycles.